The summed E-state index contributed by atoms with van der Waals surface area (Å²) in [4.78, 5) is 11.0. The molecular weight excluding hydrogens is 216 g/mol. The Morgan fingerprint density at radius 1 is 1.59 bits per heavy atom. The van der Waals surface area contributed by atoms with Gasteiger partial charge in [0.25, 0.3) is 0 Å². The summed E-state index contributed by atoms with van der Waals surface area (Å²) in [7, 11) is 1.67. The van der Waals surface area contributed by atoms with E-state index >= 15 is 0 Å². The van der Waals surface area contributed by atoms with Crippen LogP contribution in [0, 0.1) is 0 Å². The molecule has 4 heteroatoms. The highest BCUT2D eigenvalue weighted by molar-refractivity contribution is 5.72. The summed E-state index contributed by atoms with van der Waals surface area (Å²) in [5.74, 6) is 1.20. The van der Waals surface area contributed by atoms with E-state index in [0.717, 1.165) is 18.8 Å². The highest BCUT2D eigenvalue weighted by Crippen LogP contribution is 2.27. The highest BCUT2D eigenvalue weighted by Gasteiger charge is 2.20. The Morgan fingerprint density at radius 3 is 3.12 bits per heavy atom. The molecule has 1 unspecified atom stereocenters. The van der Waals surface area contributed by atoms with Gasteiger partial charge >= 0.3 is 0 Å². The van der Waals surface area contributed by atoms with Crippen molar-refractivity contribution in [2.45, 2.75) is 19.4 Å². The van der Waals surface area contributed by atoms with Gasteiger partial charge in [-0.05, 0) is 23.3 Å². The maximum atomic E-state index is 11.0. The number of rotatable bonds is 3. The molecule has 0 aromatic heterocycles. The lowest BCUT2D eigenvalue weighted by atomic mass is 9.90. The minimum absolute atomic E-state index is 0.0139. The maximum absolute atomic E-state index is 11.0. The highest BCUT2D eigenvalue weighted by atomic mass is 16.5. The molecule has 1 heterocycles. The average molecular weight is 234 g/mol. The SMILES string of the molecule is COc1ccc2c(c1)C(CNC(C)=O)CNC2. The van der Waals surface area contributed by atoms with Crippen LogP contribution in [0.5, 0.6) is 5.75 Å². The Hall–Kier alpha value is -1.55. The maximum Gasteiger partial charge on any atom is 0.216 e. The monoisotopic (exact) mass is 234 g/mol. The predicted molar refractivity (Wildman–Crippen MR) is 66.1 cm³/mol. The topological polar surface area (TPSA) is 50.4 Å². The molecule has 17 heavy (non-hydrogen) atoms. The molecule has 0 saturated heterocycles. The van der Waals surface area contributed by atoms with Crippen LogP contribution in [0.2, 0.25) is 0 Å². The fraction of sp³-hybridized carbons (Fsp3) is 0.462. The number of fused-ring (bicyclic) bond motifs is 1. The lowest BCUT2D eigenvalue weighted by Crippen LogP contribution is -2.35. The van der Waals surface area contributed by atoms with Crippen molar-refractivity contribution in [2.24, 2.45) is 0 Å². The second kappa shape index (κ2) is 5.19. The zero-order valence-electron chi connectivity index (χ0n) is 10.2. The van der Waals surface area contributed by atoms with Gasteiger partial charge in [0, 0.05) is 32.5 Å². The van der Waals surface area contributed by atoms with Crippen molar-refractivity contribution in [1.29, 1.82) is 0 Å². The molecule has 1 aliphatic heterocycles. The normalized spacial score (nSPS) is 18.4. The van der Waals surface area contributed by atoms with Crippen LogP contribution in [0.1, 0.15) is 24.0 Å². The fourth-order valence-corrected chi connectivity index (χ4v) is 2.18. The zero-order valence-corrected chi connectivity index (χ0v) is 10.2. The summed E-state index contributed by atoms with van der Waals surface area (Å²) >= 11 is 0. The largest absolute Gasteiger partial charge is 0.497 e. The Bertz CT molecular complexity index is 418. The van der Waals surface area contributed by atoms with Crippen LogP contribution < -0.4 is 15.4 Å². The summed E-state index contributed by atoms with van der Waals surface area (Å²) < 4.78 is 5.25. The van der Waals surface area contributed by atoms with Gasteiger partial charge in [-0.2, -0.15) is 0 Å². The number of nitrogens with one attached hydrogen (secondary N) is 2. The Kier molecular flexibility index (Phi) is 3.64. The number of ether oxygens (including phenoxy) is 1. The third kappa shape index (κ3) is 2.77. The molecule has 1 aliphatic rings. The number of methoxy groups -OCH3 is 1. The lowest BCUT2D eigenvalue weighted by molar-refractivity contribution is -0.119. The van der Waals surface area contributed by atoms with E-state index in [0.29, 0.717) is 12.5 Å². The first kappa shape index (κ1) is 11.9. The molecule has 0 fully saturated rings. The Morgan fingerprint density at radius 2 is 2.41 bits per heavy atom. The van der Waals surface area contributed by atoms with E-state index in [1.807, 2.05) is 6.07 Å². The number of hydrogen-bond acceptors (Lipinski definition) is 3. The predicted octanol–water partition coefficient (Wildman–Crippen LogP) is 1.02. The Balaban J connectivity index is 2.19. The van der Waals surface area contributed by atoms with Crippen molar-refractivity contribution in [1.82, 2.24) is 10.6 Å². The minimum Gasteiger partial charge on any atom is -0.497 e. The minimum atomic E-state index is 0.0139. The summed E-state index contributed by atoms with van der Waals surface area (Å²) in [6.45, 7) is 3.99. The molecule has 1 aromatic rings. The molecule has 0 spiro atoms. The van der Waals surface area contributed by atoms with Gasteiger partial charge in [0.05, 0.1) is 7.11 Å². The first-order valence-corrected chi connectivity index (χ1v) is 5.82. The van der Waals surface area contributed by atoms with Crippen LogP contribution in [-0.2, 0) is 11.3 Å². The van der Waals surface area contributed by atoms with Crippen molar-refractivity contribution in [3.63, 3.8) is 0 Å². The van der Waals surface area contributed by atoms with Gasteiger partial charge in [-0.3, -0.25) is 4.79 Å². The third-order valence-electron chi connectivity index (χ3n) is 3.10. The van der Waals surface area contributed by atoms with Gasteiger partial charge < -0.3 is 15.4 Å². The first-order chi connectivity index (χ1) is 8.20. The molecule has 2 rings (SSSR count). The van der Waals surface area contributed by atoms with Crippen molar-refractivity contribution in [3.8, 4) is 5.75 Å². The van der Waals surface area contributed by atoms with E-state index in [-0.39, 0.29) is 5.91 Å². The summed E-state index contributed by atoms with van der Waals surface area (Å²) in [6.07, 6.45) is 0. The number of carbonyl (C=O) groups excluding carboxylic acids is 1. The van der Waals surface area contributed by atoms with Crippen LogP contribution in [0.4, 0.5) is 0 Å². The van der Waals surface area contributed by atoms with Crippen LogP contribution in [0.25, 0.3) is 0 Å². The van der Waals surface area contributed by atoms with E-state index in [1.54, 1.807) is 14.0 Å². The van der Waals surface area contributed by atoms with Gasteiger partial charge in [-0.1, -0.05) is 6.07 Å². The van der Waals surface area contributed by atoms with Gasteiger partial charge in [-0.25, -0.2) is 0 Å². The fourth-order valence-electron chi connectivity index (χ4n) is 2.18. The van der Waals surface area contributed by atoms with E-state index in [4.69, 9.17) is 4.74 Å². The number of amides is 1. The van der Waals surface area contributed by atoms with Gasteiger partial charge in [-0.15, -0.1) is 0 Å². The molecule has 0 saturated carbocycles. The second-order valence-corrected chi connectivity index (χ2v) is 4.33. The van der Waals surface area contributed by atoms with Gasteiger partial charge in [0.2, 0.25) is 5.91 Å². The molecule has 2 N–H and O–H groups in total. The van der Waals surface area contributed by atoms with E-state index in [9.17, 15) is 4.79 Å². The van der Waals surface area contributed by atoms with Crippen molar-refractivity contribution in [2.75, 3.05) is 20.2 Å². The standard InChI is InChI=1S/C13H18N2O2/c1-9(16)15-8-11-7-14-6-10-3-4-12(17-2)5-13(10)11/h3-5,11,14H,6-8H2,1-2H3,(H,15,16). The molecule has 92 valence electrons. The van der Waals surface area contributed by atoms with Crippen molar-refractivity contribution < 1.29 is 9.53 Å². The molecule has 0 bridgehead atoms. The van der Waals surface area contributed by atoms with Gasteiger partial charge in [0.15, 0.2) is 0 Å². The summed E-state index contributed by atoms with van der Waals surface area (Å²) in [5.41, 5.74) is 2.56. The second-order valence-electron chi connectivity index (χ2n) is 4.33. The Labute approximate surface area is 101 Å². The number of carbonyl (C=O) groups is 1. The average Bonchev–Trinajstić information content (AvgIpc) is 2.35. The van der Waals surface area contributed by atoms with Crippen LogP contribution >= 0.6 is 0 Å². The molecule has 1 aromatic carbocycles. The zero-order chi connectivity index (χ0) is 12.3. The van der Waals surface area contributed by atoms with Crippen molar-refractivity contribution >= 4 is 5.91 Å². The van der Waals surface area contributed by atoms with Crippen LogP contribution in [0.3, 0.4) is 0 Å². The lowest BCUT2D eigenvalue weighted by Gasteiger charge is -2.27. The molecule has 1 atom stereocenters. The van der Waals surface area contributed by atoms with E-state index in [2.05, 4.69) is 22.8 Å². The molecule has 0 aliphatic carbocycles. The number of hydrogen-bond donors (Lipinski definition) is 2. The summed E-state index contributed by atoms with van der Waals surface area (Å²) in [5, 5.41) is 6.23. The number of benzene rings is 1. The van der Waals surface area contributed by atoms with Crippen LogP contribution in [0.15, 0.2) is 18.2 Å². The van der Waals surface area contributed by atoms with Crippen molar-refractivity contribution in [3.05, 3.63) is 29.3 Å². The molecule has 4 nitrogen and oxygen atoms in total. The van der Waals surface area contributed by atoms with Crippen LogP contribution in [-0.4, -0.2) is 26.1 Å². The summed E-state index contributed by atoms with van der Waals surface area (Å²) in [6, 6.07) is 6.13. The van der Waals surface area contributed by atoms with Gasteiger partial charge in [0.1, 0.15) is 5.75 Å². The smallest absolute Gasteiger partial charge is 0.216 e. The quantitative estimate of drug-likeness (QED) is 0.821. The third-order valence-corrected chi connectivity index (χ3v) is 3.10. The molecular formula is C13H18N2O2. The molecule has 1 amide bonds. The van der Waals surface area contributed by atoms with E-state index < -0.39 is 0 Å². The van der Waals surface area contributed by atoms with E-state index in [1.165, 1.54) is 11.1 Å². The first-order valence-electron chi connectivity index (χ1n) is 5.82. The molecule has 0 radical (unpaired) electrons.